The second kappa shape index (κ2) is 5.94. The van der Waals surface area contributed by atoms with Gasteiger partial charge in [-0.15, -0.1) is 0 Å². The first-order valence-electron chi connectivity index (χ1n) is 6.05. The van der Waals surface area contributed by atoms with Crippen LogP contribution < -0.4 is 5.32 Å². The van der Waals surface area contributed by atoms with Gasteiger partial charge in [-0.05, 0) is 39.5 Å². The number of nitrogens with one attached hydrogen (secondary N) is 1. The van der Waals surface area contributed by atoms with Gasteiger partial charge < -0.3 is 5.32 Å². The molecule has 1 amide bonds. The maximum absolute atomic E-state index is 11.5. The van der Waals surface area contributed by atoms with Gasteiger partial charge >= 0.3 is 0 Å². The molecule has 0 saturated heterocycles. The Morgan fingerprint density at radius 3 is 2.40 bits per heavy atom. The molecule has 2 heteroatoms. The van der Waals surface area contributed by atoms with E-state index in [-0.39, 0.29) is 5.91 Å². The van der Waals surface area contributed by atoms with E-state index in [1.165, 1.54) is 32.1 Å². The molecule has 0 aliphatic heterocycles. The molecule has 0 unspecified atom stereocenters. The molecule has 0 aromatic rings. The molecule has 1 aliphatic carbocycles. The zero-order valence-electron chi connectivity index (χ0n) is 10.2. The Kier molecular flexibility index (Phi) is 4.86. The summed E-state index contributed by atoms with van der Waals surface area (Å²) < 4.78 is 0. The smallest absolute Gasteiger partial charge is 0.244 e. The highest BCUT2D eigenvalue weighted by molar-refractivity contribution is 5.88. The van der Waals surface area contributed by atoms with E-state index in [1.807, 2.05) is 13.8 Å². The molecule has 0 spiro atoms. The van der Waals surface area contributed by atoms with Gasteiger partial charge in [-0.2, -0.15) is 0 Å². The number of rotatable bonds is 3. The molecule has 0 radical (unpaired) electrons. The molecule has 1 fully saturated rings. The van der Waals surface area contributed by atoms with E-state index in [1.54, 1.807) is 6.08 Å². The quantitative estimate of drug-likeness (QED) is 0.711. The van der Waals surface area contributed by atoms with Crippen molar-refractivity contribution in [2.75, 3.05) is 0 Å². The Bertz CT molecular complexity index is 235. The van der Waals surface area contributed by atoms with Crippen LogP contribution in [0.2, 0.25) is 0 Å². The molecule has 2 nitrogen and oxygen atoms in total. The summed E-state index contributed by atoms with van der Waals surface area (Å²) in [5.41, 5.74) is 1.06. The van der Waals surface area contributed by atoms with Crippen molar-refractivity contribution in [2.24, 2.45) is 5.92 Å². The summed E-state index contributed by atoms with van der Waals surface area (Å²) in [6, 6.07) is 0.327. The Hall–Kier alpha value is -0.790. The van der Waals surface area contributed by atoms with Crippen molar-refractivity contribution >= 4 is 5.91 Å². The molecular weight excluding hydrogens is 186 g/mol. The van der Waals surface area contributed by atoms with Crippen molar-refractivity contribution in [1.29, 1.82) is 0 Å². The monoisotopic (exact) mass is 209 g/mol. The van der Waals surface area contributed by atoms with Crippen LogP contribution in [0.15, 0.2) is 11.6 Å². The van der Waals surface area contributed by atoms with Gasteiger partial charge in [0.05, 0.1) is 0 Å². The lowest BCUT2D eigenvalue weighted by atomic mass is 9.84. The third-order valence-corrected chi connectivity index (χ3v) is 3.15. The molecule has 0 aromatic heterocycles. The van der Waals surface area contributed by atoms with E-state index in [0.717, 1.165) is 5.57 Å². The molecular formula is C13H23NO. The van der Waals surface area contributed by atoms with Crippen LogP contribution in [0.5, 0.6) is 0 Å². The van der Waals surface area contributed by atoms with Gasteiger partial charge in [-0.25, -0.2) is 0 Å². The first-order valence-corrected chi connectivity index (χ1v) is 6.05. The second-order valence-electron chi connectivity index (χ2n) is 4.92. The lowest BCUT2D eigenvalue weighted by Crippen LogP contribution is -2.38. The van der Waals surface area contributed by atoms with Crippen LogP contribution in [-0.2, 0) is 4.79 Å². The van der Waals surface area contributed by atoms with Crippen molar-refractivity contribution in [3.8, 4) is 0 Å². The number of carbonyl (C=O) groups is 1. The largest absolute Gasteiger partial charge is 0.350 e. The summed E-state index contributed by atoms with van der Waals surface area (Å²) in [4.78, 5) is 11.5. The van der Waals surface area contributed by atoms with Crippen LogP contribution in [0.4, 0.5) is 0 Å². The molecule has 1 rings (SSSR count). The lowest BCUT2D eigenvalue weighted by molar-refractivity contribution is -0.117. The Morgan fingerprint density at radius 1 is 1.27 bits per heavy atom. The molecule has 1 N–H and O–H groups in total. The molecule has 0 heterocycles. The van der Waals surface area contributed by atoms with Gasteiger partial charge in [0, 0.05) is 12.1 Å². The number of hydrogen-bond donors (Lipinski definition) is 1. The zero-order chi connectivity index (χ0) is 11.3. The molecule has 1 aliphatic rings. The van der Waals surface area contributed by atoms with Crippen molar-refractivity contribution in [3.63, 3.8) is 0 Å². The first-order chi connectivity index (χ1) is 7.09. The summed E-state index contributed by atoms with van der Waals surface area (Å²) in [7, 11) is 0. The predicted molar refractivity (Wildman–Crippen MR) is 63.6 cm³/mol. The van der Waals surface area contributed by atoms with Crippen molar-refractivity contribution < 1.29 is 4.79 Å². The Morgan fingerprint density at radius 2 is 1.87 bits per heavy atom. The summed E-state index contributed by atoms with van der Waals surface area (Å²) >= 11 is 0. The van der Waals surface area contributed by atoms with Gasteiger partial charge in [0.1, 0.15) is 0 Å². The summed E-state index contributed by atoms with van der Waals surface area (Å²) in [5.74, 6) is 0.751. The molecule has 1 saturated carbocycles. The predicted octanol–water partition coefficient (Wildman–Crippen LogP) is 3.04. The molecule has 86 valence electrons. The average Bonchev–Trinajstić information content (AvgIpc) is 2.17. The minimum atomic E-state index is 0.0630. The zero-order valence-corrected chi connectivity index (χ0v) is 10.2. The molecule has 15 heavy (non-hydrogen) atoms. The third kappa shape index (κ3) is 4.50. The maximum Gasteiger partial charge on any atom is 0.244 e. The summed E-state index contributed by atoms with van der Waals surface area (Å²) in [6.07, 6.45) is 8.25. The molecule has 0 bridgehead atoms. The van der Waals surface area contributed by atoms with Crippen LogP contribution in [0, 0.1) is 5.92 Å². The standard InChI is InChI=1S/C13H23NO/c1-10(2)9-13(15)14-11(3)12-7-5-4-6-8-12/h9,11-12H,4-8H2,1-3H3,(H,14,15)/t11-/m1/s1. The normalized spacial score (nSPS) is 19.4. The van der Waals surface area contributed by atoms with E-state index in [4.69, 9.17) is 0 Å². The van der Waals surface area contributed by atoms with Crippen LogP contribution >= 0.6 is 0 Å². The first kappa shape index (κ1) is 12.3. The topological polar surface area (TPSA) is 29.1 Å². The number of hydrogen-bond acceptors (Lipinski definition) is 1. The fourth-order valence-corrected chi connectivity index (χ4v) is 2.28. The maximum atomic E-state index is 11.5. The highest BCUT2D eigenvalue weighted by Crippen LogP contribution is 2.26. The van der Waals surface area contributed by atoms with Gasteiger partial charge in [0.2, 0.25) is 5.91 Å². The minimum Gasteiger partial charge on any atom is -0.350 e. The highest BCUT2D eigenvalue weighted by Gasteiger charge is 2.20. The SMILES string of the molecule is CC(C)=CC(=O)N[C@H](C)C1CCCCC1. The van der Waals surface area contributed by atoms with Crippen molar-refractivity contribution in [2.45, 2.75) is 58.9 Å². The number of carbonyl (C=O) groups excluding carboxylic acids is 1. The molecule has 1 atom stereocenters. The average molecular weight is 209 g/mol. The van der Waals surface area contributed by atoms with E-state index in [0.29, 0.717) is 12.0 Å². The van der Waals surface area contributed by atoms with Crippen LogP contribution in [0.25, 0.3) is 0 Å². The van der Waals surface area contributed by atoms with Gasteiger partial charge in [-0.3, -0.25) is 4.79 Å². The van der Waals surface area contributed by atoms with Crippen LogP contribution in [0.3, 0.4) is 0 Å². The van der Waals surface area contributed by atoms with Gasteiger partial charge in [-0.1, -0.05) is 24.8 Å². The van der Waals surface area contributed by atoms with E-state index >= 15 is 0 Å². The summed E-state index contributed by atoms with van der Waals surface area (Å²) in [6.45, 7) is 6.03. The highest BCUT2D eigenvalue weighted by atomic mass is 16.1. The number of allylic oxidation sites excluding steroid dienone is 1. The van der Waals surface area contributed by atoms with E-state index in [9.17, 15) is 4.79 Å². The number of amides is 1. The van der Waals surface area contributed by atoms with Crippen LogP contribution in [-0.4, -0.2) is 11.9 Å². The van der Waals surface area contributed by atoms with Crippen molar-refractivity contribution in [3.05, 3.63) is 11.6 Å². The fourth-order valence-electron chi connectivity index (χ4n) is 2.28. The molecule has 0 aromatic carbocycles. The van der Waals surface area contributed by atoms with Crippen molar-refractivity contribution in [1.82, 2.24) is 5.32 Å². The summed E-state index contributed by atoms with van der Waals surface area (Å²) in [5, 5.41) is 3.07. The van der Waals surface area contributed by atoms with Crippen LogP contribution in [0.1, 0.15) is 52.9 Å². The van der Waals surface area contributed by atoms with Gasteiger partial charge in [0.25, 0.3) is 0 Å². The Labute approximate surface area is 93.1 Å². The van der Waals surface area contributed by atoms with Gasteiger partial charge in [0.15, 0.2) is 0 Å². The van der Waals surface area contributed by atoms with E-state index in [2.05, 4.69) is 12.2 Å². The Balaban J connectivity index is 2.36. The lowest BCUT2D eigenvalue weighted by Gasteiger charge is -2.27. The second-order valence-corrected chi connectivity index (χ2v) is 4.92. The fraction of sp³-hybridized carbons (Fsp3) is 0.769. The third-order valence-electron chi connectivity index (χ3n) is 3.15. The van der Waals surface area contributed by atoms with E-state index < -0.39 is 0 Å². The minimum absolute atomic E-state index is 0.0630.